The summed E-state index contributed by atoms with van der Waals surface area (Å²) >= 11 is 0. The number of ether oxygens (including phenoxy) is 1. The van der Waals surface area contributed by atoms with Gasteiger partial charge in [0, 0.05) is 19.7 Å². The molecule has 3 heteroatoms. The highest BCUT2D eigenvalue weighted by Gasteiger charge is 2.20. The number of rotatable bonds is 3. The maximum absolute atomic E-state index is 5.05. The highest BCUT2D eigenvalue weighted by Crippen LogP contribution is 2.25. The van der Waals surface area contributed by atoms with E-state index in [1.807, 2.05) is 27.7 Å². The summed E-state index contributed by atoms with van der Waals surface area (Å²) in [5.41, 5.74) is 1.50. The van der Waals surface area contributed by atoms with Crippen LogP contribution in [-0.4, -0.2) is 63.3 Å². The van der Waals surface area contributed by atoms with E-state index in [0.29, 0.717) is 6.04 Å². The summed E-state index contributed by atoms with van der Waals surface area (Å²) in [4.78, 5) is 4.77. The molecule has 2 aliphatic heterocycles. The number of hydrogen-bond acceptors (Lipinski definition) is 3. The third-order valence-electron chi connectivity index (χ3n) is 4.69. The lowest BCUT2D eigenvalue weighted by Crippen LogP contribution is -2.28. The topological polar surface area (TPSA) is 15.7 Å². The molecule has 2 fully saturated rings. The summed E-state index contributed by atoms with van der Waals surface area (Å²) in [6.07, 6.45) is 3.97. The standard InChI is InChI=1S/C11H15N.C7H15NO.2C2H6/c1-12-8-7-11(9-12)10-5-3-2-4-6-10;1-8-5-3-4-7(8)6-9-2;2*1-2/h2-6,11H,7-9H2,1H3;7H,3-6H2,1-2H3;2*1-2H3. The van der Waals surface area contributed by atoms with Crippen LogP contribution in [-0.2, 0) is 4.74 Å². The lowest BCUT2D eigenvalue weighted by molar-refractivity contribution is 0.129. The van der Waals surface area contributed by atoms with E-state index in [1.54, 1.807) is 7.11 Å². The van der Waals surface area contributed by atoms with Crippen molar-refractivity contribution in [1.29, 1.82) is 0 Å². The zero-order valence-electron chi connectivity index (χ0n) is 17.8. The molecule has 0 amide bonds. The van der Waals surface area contributed by atoms with Gasteiger partial charge in [-0.1, -0.05) is 58.0 Å². The second-order valence-corrected chi connectivity index (χ2v) is 6.39. The minimum Gasteiger partial charge on any atom is -0.383 e. The minimum atomic E-state index is 0.690. The molecule has 2 heterocycles. The van der Waals surface area contributed by atoms with Gasteiger partial charge in [0.25, 0.3) is 0 Å². The number of nitrogens with zero attached hydrogens (tertiary/aromatic N) is 2. The zero-order valence-corrected chi connectivity index (χ0v) is 17.8. The number of benzene rings is 1. The first-order chi connectivity index (χ1) is 12.2. The maximum atomic E-state index is 5.05. The van der Waals surface area contributed by atoms with E-state index in [9.17, 15) is 0 Å². The molecule has 2 saturated heterocycles. The molecule has 3 rings (SSSR count). The molecule has 0 radical (unpaired) electrons. The van der Waals surface area contributed by atoms with Crippen molar-refractivity contribution in [2.45, 2.75) is 58.9 Å². The second kappa shape index (κ2) is 15.4. The van der Waals surface area contributed by atoms with E-state index in [2.05, 4.69) is 54.2 Å². The van der Waals surface area contributed by atoms with Crippen molar-refractivity contribution in [3.8, 4) is 0 Å². The molecule has 0 saturated carbocycles. The van der Waals surface area contributed by atoms with Crippen molar-refractivity contribution < 1.29 is 4.74 Å². The Kier molecular flexibility index (Phi) is 14.8. The SMILES string of the molecule is CC.CC.CN1CCC(c2ccccc2)C1.COCC1CCCN1C. The number of likely N-dealkylation sites (tertiary alicyclic amines) is 2. The summed E-state index contributed by atoms with van der Waals surface area (Å²) < 4.78 is 5.05. The molecular weight excluding hydrogens is 308 g/mol. The van der Waals surface area contributed by atoms with Crippen molar-refractivity contribution in [1.82, 2.24) is 9.80 Å². The maximum Gasteiger partial charge on any atom is 0.0617 e. The zero-order chi connectivity index (χ0) is 19.1. The molecule has 146 valence electrons. The van der Waals surface area contributed by atoms with Gasteiger partial charge in [-0.3, -0.25) is 0 Å². The number of hydrogen-bond donors (Lipinski definition) is 0. The highest BCUT2D eigenvalue weighted by molar-refractivity contribution is 5.20. The quantitative estimate of drug-likeness (QED) is 0.772. The van der Waals surface area contributed by atoms with Crippen LogP contribution < -0.4 is 0 Å². The summed E-state index contributed by atoms with van der Waals surface area (Å²) in [7, 11) is 6.13. The lowest BCUT2D eigenvalue weighted by Gasteiger charge is -2.17. The predicted octanol–water partition coefficient (Wildman–Crippen LogP) is 4.89. The average molecular weight is 351 g/mol. The molecule has 2 aliphatic rings. The van der Waals surface area contributed by atoms with Gasteiger partial charge in [0.15, 0.2) is 0 Å². The normalized spacial score (nSPS) is 22.8. The Morgan fingerprint density at radius 3 is 2.04 bits per heavy atom. The molecule has 0 aromatic heterocycles. The van der Waals surface area contributed by atoms with Crippen molar-refractivity contribution in [2.24, 2.45) is 0 Å². The second-order valence-electron chi connectivity index (χ2n) is 6.39. The molecule has 2 unspecified atom stereocenters. The Morgan fingerprint density at radius 1 is 0.960 bits per heavy atom. The molecular formula is C22H42N2O. The first kappa shape index (κ1) is 24.1. The lowest BCUT2D eigenvalue weighted by atomic mass is 9.99. The first-order valence-corrected chi connectivity index (χ1v) is 10.1. The first-order valence-electron chi connectivity index (χ1n) is 10.1. The van der Waals surface area contributed by atoms with Crippen LogP contribution in [0.15, 0.2) is 30.3 Å². The molecule has 2 atom stereocenters. The molecule has 1 aromatic rings. The Labute approximate surface area is 157 Å². The van der Waals surface area contributed by atoms with Crippen LogP contribution in [0.4, 0.5) is 0 Å². The summed E-state index contributed by atoms with van der Waals surface area (Å²) in [5.74, 6) is 0.774. The van der Waals surface area contributed by atoms with Crippen LogP contribution in [0.25, 0.3) is 0 Å². The fourth-order valence-corrected chi connectivity index (χ4v) is 3.31. The van der Waals surface area contributed by atoms with Crippen molar-refractivity contribution >= 4 is 0 Å². The van der Waals surface area contributed by atoms with Crippen molar-refractivity contribution in [3.63, 3.8) is 0 Å². The molecule has 3 nitrogen and oxygen atoms in total. The minimum absolute atomic E-state index is 0.690. The fraction of sp³-hybridized carbons (Fsp3) is 0.727. The molecule has 1 aromatic carbocycles. The van der Waals surface area contributed by atoms with E-state index < -0.39 is 0 Å². The summed E-state index contributed by atoms with van der Waals surface area (Å²) in [6, 6.07) is 11.5. The highest BCUT2D eigenvalue weighted by atomic mass is 16.5. The van der Waals surface area contributed by atoms with Gasteiger partial charge in [0.05, 0.1) is 6.61 Å². The summed E-state index contributed by atoms with van der Waals surface area (Å²) in [5, 5.41) is 0. The monoisotopic (exact) mass is 350 g/mol. The van der Waals surface area contributed by atoms with Gasteiger partial charge >= 0.3 is 0 Å². The predicted molar refractivity (Wildman–Crippen MR) is 112 cm³/mol. The molecule has 0 N–H and O–H groups in total. The van der Waals surface area contributed by atoms with E-state index in [0.717, 1.165) is 12.5 Å². The Morgan fingerprint density at radius 2 is 1.60 bits per heavy atom. The van der Waals surface area contributed by atoms with Gasteiger partial charge < -0.3 is 14.5 Å². The molecule has 25 heavy (non-hydrogen) atoms. The van der Waals surface area contributed by atoms with Crippen LogP contribution in [0.1, 0.15) is 58.4 Å². The molecule has 0 aliphatic carbocycles. The van der Waals surface area contributed by atoms with Gasteiger partial charge in [-0.15, -0.1) is 0 Å². The fourth-order valence-electron chi connectivity index (χ4n) is 3.31. The van der Waals surface area contributed by atoms with Crippen LogP contribution in [0.5, 0.6) is 0 Å². The van der Waals surface area contributed by atoms with Gasteiger partial charge in [-0.2, -0.15) is 0 Å². The van der Waals surface area contributed by atoms with Crippen LogP contribution >= 0.6 is 0 Å². The van der Waals surface area contributed by atoms with E-state index in [-0.39, 0.29) is 0 Å². The van der Waals surface area contributed by atoms with Gasteiger partial charge in [-0.25, -0.2) is 0 Å². The molecule has 0 spiro atoms. The average Bonchev–Trinajstić information content (AvgIpc) is 3.29. The Balaban J connectivity index is 0.000000396. The number of likely N-dealkylation sites (N-methyl/N-ethyl adjacent to an activating group) is 2. The van der Waals surface area contributed by atoms with Gasteiger partial charge in [0.2, 0.25) is 0 Å². The van der Waals surface area contributed by atoms with Crippen LogP contribution in [0.3, 0.4) is 0 Å². The summed E-state index contributed by atoms with van der Waals surface area (Å²) in [6.45, 7) is 12.6. The van der Waals surface area contributed by atoms with E-state index in [4.69, 9.17) is 4.74 Å². The largest absolute Gasteiger partial charge is 0.383 e. The van der Waals surface area contributed by atoms with Crippen molar-refractivity contribution in [3.05, 3.63) is 35.9 Å². The van der Waals surface area contributed by atoms with E-state index in [1.165, 1.54) is 44.5 Å². The van der Waals surface area contributed by atoms with Gasteiger partial charge in [-0.05, 0) is 57.9 Å². The van der Waals surface area contributed by atoms with E-state index >= 15 is 0 Å². The Hall–Kier alpha value is -0.900. The van der Waals surface area contributed by atoms with Crippen LogP contribution in [0, 0.1) is 0 Å². The third-order valence-corrected chi connectivity index (χ3v) is 4.69. The smallest absolute Gasteiger partial charge is 0.0617 e. The Bertz CT molecular complexity index is 396. The van der Waals surface area contributed by atoms with Crippen LogP contribution in [0.2, 0.25) is 0 Å². The third kappa shape index (κ3) is 9.39. The number of methoxy groups -OCH3 is 1. The van der Waals surface area contributed by atoms with Gasteiger partial charge in [0.1, 0.15) is 0 Å². The van der Waals surface area contributed by atoms with Crippen molar-refractivity contribution in [2.75, 3.05) is 47.4 Å². The molecule has 0 bridgehead atoms.